The van der Waals surface area contributed by atoms with E-state index in [0.29, 0.717) is 55.3 Å². The summed E-state index contributed by atoms with van der Waals surface area (Å²) in [4.78, 5) is 0. The van der Waals surface area contributed by atoms with Crippen LogP contribution in [0.4, 0.5) is 0 Å². The topological polar surface area (TPSA) is 86.7 Å². The van der Waals surface area contributed by atoms with Crippen LogP contribution in [0.5, 0.6) is 0 Å². The predicted molar refractivity (Wildman–Crippen MR) is 129 cm³/mol. The van der Waals surface area contributed by atoms with E-state index in [0.717, 1.165) is 38.5 Å². The summed E-state index contributed by atoms with van der Waals surface area (Å²) in [5.41, 5.74) is -1.30. The van der Waals surface area contributed by atoms with Gasteiger partial charge in [-0.1, -0.05) is 45.3 Å². The first-order valence-corrected chi connectivity index (χ1v) is 14.1. The van der Waals surface area contributed by atoms with E-state index in [1.807, 2.05) is 0 Å². The van der Waals surface area contributed by atoms with Gasteiger partial charge in [-0.25, -0.2) is 8.42 Å². The van der Waals surface area contributed by atoms with Gasteiger partial charge < -0.3 is 9.66 Å². The zero-order valence-corrected chi connectivity index (χ0v) is 24.1. The van der Waals surface area contributed by atoms with E-state index < -0.39 is 35.8 Å². The maximum absolute atomic E-state index is 11.2. The molecule has 190 valence electrons. The monoisotopic (exact) mass is 510 g/mol. The second-order valence-electron chi connectivity index (χ2n) is 12.1. The van der Waals surface area contributed by atoms with Crippen molar-refractivity contribution in [3.63, 3.8) is 0 Å². The normalized spacial score (nSPS) is 44.3. The van der Waals surface area contributed by atoms with Crippen molar-refractivity contribution < 1.29 is 60.0 Å². The third-order valence-corrected chi connectivity index (χ3v) is 10.8. The minimum atomic E-state index is -4.72. The first-order chi connectivity index (χ1) is 17.7. The molecule has 0 spiro atoms. The Morgan fingerprint density at radius 2 is 1.97 bits per heavy atom. The standard InChI is InChI=1S/C27H46O5S.Na/c1-18(7-6-14-25(2,3)28)22-10-11-23-21-9-8-19-17-20(32-33(29,30)31)12-15-26(19,4)24(21)13-16-27(22,23)5;/h8,18,20-24,28H,6-7,9-17H2,1-5H3,(H,29,30,31);/q;+1/p-1/t18-,20+,21+,22-,23+,24+,26+,27-;/m1./s1/i2D3,3D3;. The van der Waals surface area contributed by atoms with Crippen LogP contribution in [-0.2, 0) is 14.6 Å². The minimum Gasteiger partial charge on any atom is -0.726 e. The second kappa shape index (κ2) is 10.4. The quantitative estimate of drug-likeness (QED) is 0.246. The van der Waals surface area contributed by atoms with Crippen LogP contribution in [0.2, 0.25) is 0 Å². The Morgan fingerprint density at radius 3 is 2.65 bits per heavy atom. The molecule has 0 bridgehead atoms. The van der Waals surface area contributed by atoms with Gasteiger partial charge in [-0.3, -0.25) is 4.18 Å². The molecule has 0 amide bonds. The zero-order chi connectivity index (χ0) is 29.2. The summed E-state index contributed by atoms with van der Waals surface area (Å²) < 4.78 is 84.1. The van der Waals surface area contributed by atoms with Crippen molar-refractivity contribution in [3.8, 4) is 0 Å². The Kier molecular flexibility index (Phi) is 6.56. The Balaban J connectivity index is 0.00000441. The molecule has 0 saturated heterocycles. The van der Waals surface area contributed by atoms with Gasteiger partial charge in [0.15, 0.2) is 0 Å². The summed E-state index contributed by atoms with van der Waals surface area (Å²) in [7, 11) is -4.72. The van der Waals surface area contributed by atoms with Crippen LogP contribution in [-0.4, -0.2) is 29.8 Å². The average Bonchev–Trinajstić information content (AvgIpc) is 3.14. The molecule has 5 nitrogen and oxygen atoms in total. The minimum absolute atomic E-state index is 0. The Hall–Kier alpha value is 0.570. The number of hydrogen-bond donors (Lipinski definition) is 1. The summed E-state index contributed by atoms with van der Waals surface area (Å²) in [6, 6.07) is 0. The van der Waals surface area contributed by atoms with Gasteiger partial charge in [0.2, 0.25) is 10.4 Å². The number of hydrogen-bond acceptors (Lipinski definition) is 5. The Bertz CT molecular complexity index is 1050. The fourth-order valence-electron chi connectivity index (χ4n) is 8.73. The first-order valence-electron chi connectivity index (χ1n) is 15.8. The number of aliphatic hydroxyl groups is 1. The van der Waals surface area contributed by atoms with E-state index in [-0.39, 0.29) is 46.8 Å². The third-order valence-electron chi connectivity index (χ3n) is 10.3. The molecule has 0 aliphatic heterocycles. The van der Waals surface area contributed by atoms with Crippen LogP contribution < -0.4 is 29.6 Å². The Morgan fingerprint density at radius 1 is 1.24 bits per heavy atom. The molecule has 3 saturated carbocycles. The Labute approximate surface area is 238 Å². The van der Waals surface area contributed by atoms with Gasteiger partial charge in [0.25, 0.3) is 0 Å². The maximum Gasteiger partial charge on any atom is 1.00 e. The molecule has 8 atom stereocenters. The molecule has 7 heteroatoms. The van der Waals surface area contributed by atoms with Crippen LogP contribution in [0, 0.1) is 40.4 Å². The maximum atomic E-state index is 11.2. The van der Waals surface area contributed by atoms with Gasteiger partial charge in [-0.15, -0.1) is 0 Å². The van der Waals surface area contributed by atoms with Crippen LogP contribution >= 0.6 is 0 Å². The number of allylic oxidation sites excluding steroid dienone is 1. The molecule has 0 unspecified atom stereocenters. The first kappa shape index (κ1) is 21.5. The largest absolute Gasteiger partial charge is 1.00 e. The molecule has 1 N–H and O–H groups in total. The van der Waals surface area contributed by atoms with Crippen LogP contribution in [0.15, 0.2) is 11.6 Å². The van der Waals surface area contributed by atoms with Crippen molar-refractivity contribution >= 4 is 10.4 Å². The van der Waals surface area contributed by atoms with E-state index in [2.05, 4.69) is 26.8 Å². The van der Waals surface area contributed by atoms with E-state index in [1.165, 1.54) is 5.57 Å². The molecule has 34 heavy (non-hydrogen) atoms. The molecule has 4 aliphatic carbocycles. The molecule has 0 aromatic heterocycles. The van der Waals surface area contributed by atoms with Gasteiger partial charge in [-0.05, 0) is 112 Å². The fourth-order valence-corrected chi connectivity index (χ4v) is 9.23. The fraction of sp³-hybridized carbons (Fsp3) is 0.926. The molecule has 3 fully saturated rings. The van der Waals surface area contributed by atoms with Crippen molar-refractivity contribution in [3.05, 3.63) is 11.6 Å². The van der Waals surface area contributed by atoms with Crippen LogP contribution in [0.1, 0.15) is 113 Å². The third kappa shape index (κ3) is 5.84. The van der Waals surface area contributed by atoms with Gasteiger partial charge in [0.05, 0.1) is 11.7 Å². The van der Waals surface area contributed by atoms with Crippen molar-refractivity contribution in [1.82, 2.24) is 0 Å². The van der Waals surface area contributed by atoms with Crippen molar-refractivity contribution in [1.29, 1.82) is 0 Å². The summed E-state index contributed by atoms with van der Waals surface area (Å²) in [5, 5.41) is 10.6. The summed E-state index contributed by atoms with van der Waals surface area (Å²) in [5.74, 6) is 2.38. The van der Waals surface area contributed by atoms with Gasteiger partial charge >= 0.3 is 29.6 Å². The molecule has 0 heterocycles. The van der Waals surface area contributed by atoms with Gasteiger partial charge in [0.1, 0.15) is 0 Å². The van der Waals surface area contributed by atoms with E-state index in [9.17, 15) is 18.1 Å². The number of fused-ring (bicyclic) bond motifs is 5. The molecule has 4 aliphatic rings. The summed E-state index contributed by atoms with van der Waals surface area (Å²) >= 11 is 0. The van der Waals surface area contributed by atoms with Crippen molar-refractivity contribution in [2.45, 2.75) is 117 Å². The van der Waals surface area contributed by atoms with E-state index in [1.54, 1.807) is 0 Å². The molecule has 0 radical (unpaired) electrons. The summed E-state index contributed by atoms with van der Waals surface area (Å²) in [6.45, 7) is 0.977. The van der Waals surface area contributed by atoms with Gasteiger partial charge in [0, 0.05) is 8.22 Å². The average molecular weight is 511 g/mol. The molecule has 0 aromatic carbocycles. The zero-order valence-electron chi connectivity index (χ0n) is 27.3. The smallest absolute Gasteiger partial charge is 0.726 e. The second-order valence-corrected chi connectivity index (χ2v) is 13.1. The van der Waals surface area contributed by atoms with Crippen LogP contribution in [0.3, 0.4) is 0 Å². The predicted octanol–water partition coefficient (Wildman–Crippen LogP) is 2.99. The number of rotatable bonds is 7. The molecule has 0 aromatic rings. The SMILES string of the molecule is [2H]C([2H])([2H])C(O)(CCC[C@@H](C)[C@H]1CC[C@H]2[C@@H]3CC=C4C[C@@H](OS(=O)(=O)[O-])CC[C@]4(C)[C@H]3CC[C@]12C)C([2H])([2H])[2H].[Na+]. The van der Waals surface area contributed by atoms with E-state index in [4.69, 9.17) is 12.4 Å². The molecule has 4 rings (SSSR count). The van der Waals surface area contributed by atoms with Crippen molar-refractivity contribution in [2.75, 3.05) is 0 Å². The van der Waals surface area contributed by atoms with Crippen LogP contribution in [0.25, 0.3) is 0 Å². The van der Waals surface area contributed by atoms with E-state index >= 15 is 0 Å². The summed E-state index contributed by atoms with van der Waals surface area (Å²) in [6.07, 6.45) is 9.76. The molecular formula is C27H45NaO5S. The van der Waals surface area contributed by atoms with Crippen molar-refractivity contribution in [2.24, 2.45) is 40.4 Å². The van der Waals surface area contributed by atoms with Gasteiger partial charge in [-0.2, -0.15) is 0 Å². The molecular weight excluding hydrogens is 459 g/mol.